The second-order valence-electron chi connectivity index (χ2n) is 6.77. The van der Waals surface area contributed by atoms with Gasteiger partial charge in [-0.05, 0) is 33.4 Å². The maximum absolute atomic E-state index is 13.1. The molecule has 0 fully saturated rings. The van der Waals surface area contributed by atoms with Crippen molar-refractivity contribution in [2.45, 2.75) is 0 Å². The van der Waals surface area contributed by atoms with Gasteiger partial charge in [0.05, 0.1) is 11.8 Å². The molecule has 2 aromatic rings. The molecule has 0 bridgehead atoms. The predicted molar refractivity (Wildman–Crippen MR) is 93.4 cm³/mol. The maximum atomic E-state index is 13.1. The molecule has 0 radical (unpaired) electrons. The van der Waals surface area contributed by atoms with Crippen LogP contribution < -0.4 is 0 Å². The lowest BCUT2D eigenvalue weighted by Crippen LogP contribution is -2.34. The summed E-state index contributed by atoms with van der Waals surface area (Å²) in [4.78, 5) is 26.2. The number of carbonyl (C=O) groups is 2. The van der Waals surface area contributed by atoms with E-state index in [-0.39, 0.29) is 23.4 Å². The zero-order valence-corrected chi connectivity index (χ0v) is 12.7. The van der Waals surface area contributed by atoms with E-state index < -0.39 is 0 Å². The molecule has 4 aliphatic rings. The largest absolute Gasteiger partial charge is 0.293 e. The summed E-state index contributed by atoms with van der Waals surface area (Å²) in [5, 5.41) is 0. The van der Waals surface area contributed by atoms with Crippen LogP contribution in [-0.2, 0) is 0 Å². The molecule has 2 atom stereocenters. The van der Waals surface area contributed by atoms with Gasteiger partial charge in [0.1, 0.15) is 0 Å². The Balaban J connectivity index is 1.86. The molecular formula is C22H12O2. The van der Waals surface area contributed by atoms with Gasteiger partial charge in [0, 0.05) is 11.1 Å². The van der Waals surface area contributed by atoms with Gasteiger partial charge in [0.2, 0.25) is 0 Å². The molecule has 24 heavy (non-hydrogen) atoms. The zero-order chi connectivity index (χ0) is 16.0. The van der Waals surface area contributed by atoms with Crippen molar-refractivity contribution in [3.8, 4) is 0 Å². The van der Waals surface area contributed by atoms with Gasteiger partial charge in [0.15, 0.2) is 11.6 Å². The fourth-order valence-corrected chi connectivity index (χ4v) is 4.71. The topological polar surface area (TPSA) is 34.1 Å². The van der Waals surface area contributed by atoms with E-state index in [0.29, 0.717) is 0 Å². The van der Waals surface area contributed by atoms with Crippen molar-refractivity contribution in [2.24, 2.45) is 11.8 Å². The van der Waals surface area contributed by atoms with E-state index in [1.807, 2.05) is 60.7 Å². The highest BCUT2D eigenvalue weighted by Gasteiger charge is 2.45. The average Bonchev–Trinajstić information content (AvgIpc) is 2.63. The first-order chi connectivity index (χ1) is 11.8. The van der Waals surface area contributed by atoms with Crippen LogP contribution in [0.1, 0.15) is 43.0 Å². The number of Topliss-reactive ketones (excluding diaryl/α,β-unsaturated/α-hetero) is 2. The molecule has 112 valence electrons. The van der Waals surface area contributed by atoms with E-state index in [1.54, 1.807) is 0 Å². The smallest absolute Gasteiger partial charge is 0.174 e. The Morgan fingerprint density at radius 2 is 1.08 bits per heavy atom. The van der Waals surface area contributed by atoms with E-state index in [9.17, 15) is 9.59 Å². The third-order valence-electron chi connectivity index (χ3n) is 5.68. The zero-order valence-electron chi connectivity index (χ0n) is 12.7. The molecule has 4 aliphatic carbocycles. The third-order valence-corrected chi connectivity index (χ3v) is 5.68. The quantitative estimate of drug-likeness (QED) is 0.728. The third kappa shape index (κ3) is 1.22. The number of hydrogen-bond acceptors (Lipinski definition) is 2. The minimum absolute atomic E-state index is 0.144. The molecule has 0 aromatic heterocycles. The molecule has 2 unspecified atom stereocenters. The van der Waals surface area contributed by atoms with Crippen LogP contribution in [0.5, 0.6) is 0 Å². The van der Waals surface area contributed by atoms with Gasteiger partial charge >= 0.3 is 0 Å². The van der Waals surface area contributed by atoms with Crippen LogP contribution in [0.3, 0.4) is 0 Å². The van der Waals surface area contributed by atoms with Crippen LogP contribution in [0.25, 0.3) is 23.3 Å². The summed E-state index contributed by atoms with van der Waals surface area (Å²) < 4.78 is 0. The first-order valence-corrected chi connectivity index (χ1v) is 8.21. The lowest BCUT2D eigenvalue weighted by Gasteiger charge is -2.40. The first-order valence-electron chi connectivity index (χ1n) is 8.21. The lowest BCUT2D eigenvalue weighted by atomic mass is 9.61. The van der Waals surface area contributed by atoms with Crippen LogP contribution in [0, 0.1) is 11.8 Å². The Morgan fingerprint density at radius 1 is 0.625 bits per heavy atom. The molecule has 0 N–H and O–H groups in total. The highest BCUT2D eigenvalue weighted by molar-refractivity contribution is 6.28. The number of rotatable bonds is 0. The minimum atomic E-state index is -0.265. The highest BCUT2D eigenvalue weighted by atomic mass is 16.1. The second-order valence-corrected chi connectivity index (χ2v) is 6.77. The lowest BCUT2D eigenvalue weighted by molar-refractivity contribution is 0.0946. The Labute approximate surface area is 138 Å². The van der Waals surface area contributed by atoms with Gasteiger partial charge in [-0.2, -0.15) is 0 Å². The van der Waals surface area contributed by atoms with Crippen molar-refractivity contribution in [3.05, 3.63) is 81.9 Å². The SMILES string of the molecule is O=C1c2cccc3c2C2=C4c5c(cccc5C(=O)C2C=C3)C=CC14. The van der Waals surface area contributed by atoms with E-state index >= 15 is 0 Å². The molecular weight excluding hydrogens is 296 g/mol. The fraction of sp³-hybridized carbons (Fsp3) is 0.0909. The number of ketones is 2. The first kappa shape index (κ1) is 12.4. The van der Waals surface area contributed by atoms with Crippen molar-refractivity contribution >= 4 is 34.9 Å². The van der Waals surface area contributed by atoms with E-state index in [1.165, 1.54) is 0 Å². The molecule has 0 spiro atoms. The average molecular weight is 308 g/mol. The maximum Gasteiger partial charge on any atom is 0.174 e. The molecule has 2 nitrogen and oxygen atoms in total. The van der Waals surface area contributed by atoms with E-state index in [2.05, 4.69) is 0 Å². The van der Waals surface area contributed by atoms with Gasteiger partial charge in [-0.15, -0.1) is 0 Å². The Morgan fingerprint density at radius 3 is 1.54 bits per heavy atom. The minimum Gasteiger partial charge on any atom is -0.293 e. The van der Waals surface area contributed by atoms with Crippen molar-refractivity contribution < 1.29 is 9.59 Å². The predicted octanol–water partition coefficient (Wildman–Crippen LogP) is 4.28. The summed E-state index contributed by atoms with van der Waals surface area (Å²) in [7, 11) is 0. The van der Waals surface area contributed by atoms with Gasteiger partial charge in [-0.3, -0.25) is 9.59 Å². The molecule has 0 amide bonds. The Hall–Kier alpha value is -3.00. The molecule has 0 heterocycles. The number of benzene rings is 2. The summed E-state index contributed by atoms with van der Waals surface area (Å²) in [6.45, 7) is 0. The van der Waals surface area contributed by atoms with Crippen LogP contribution in [0.2, 0.25) is 0 Å². The van der Waals surface area contributed by atoms with Gasteiger partial charge in [-0.25, -0.2) is 0 Å². The van der Waals surface area contributed by atoms with E-state index in [0.717, 1.165) is 44.5 Å². The molecule has 0 aliphatic heterocycles. The van der Waals surface area contributed by atoms with Crippen LogP contribution >= 0.6 is 0 Å². The normalized spacial score (nSPS) is 24.3. The van der Waals surface area contributed by atoms with Crippen LogP contribution in [-0.4, -0.2) is 11.6 Å². The molecule has 0 saturated heterocycles. The molecule has 2 aromatic carbocycles. The molecule has 2 heteroatoms. The van der Waals surface area contributed by atoms with Crippen molar-refractivity contribution in [1.29, 1.82) is 0 Å². The fourth-order valence-electron chi connectivity index (χ4n) is 4.71. The summed E-state index contributed by atoms with van der Waals surface area (Å²) in [5.41, 5.74) is 7.67. The summed E-state index contributed by atoms with van der Waals surface area (Å²) in [6.07, 6.45) is 7.98. The van der Waals surface area contributed by atoms with Crippen molar-refractivity contribution in [3.63, 3.8) is 0 Å². The van der Waals surface area contributed by atoms with Gasteiger partial charge < -0.3 is 0 Å². The Kier molecular flexibility index (Phi) is 2.02. The van der Waals surface area contributed by atoms with Gasteiger partial charge in [-0.1, -0.05) is 60.7 Å². The van der Waals surface area contributed by atoms with Crippen LogP contribution in [0.4, 0.5) is 0 Å². The highest BCUT2D eigenvalue weighted by Crippen LogP contribution is 2.54. The van der Waals surface area contributed by atoms with Crippen LogP contribution in [0.15, 0.2) is 48.6 Å². The number of carbonyl (C=O) groups excluding carboxylic acids is 2. The van der Waals surface area contributed by atoms with Crippen molar-refractivity contribution in [1.82, 2.24) is 0 Å². The summed E-state index contributed by atoms with van der Waals surface area (Å²) in [6, 6.07) is 11.7. The van der Waals surface area contributed by atoms with E-state index in [4.69, 9.17) is 0 Å². The summed E-state index contributed by atoms with van der Waals surface area (Å²) >= 11 is 0. The van der Waals surface area contributed by atoms with Gasteiger partial charge in [0.25, 0.3) is 0 Å². The molecule has 0 saturated carbocycles. The standard InChI is InChI=1S/C22H12O2/c23-21-13-5-1-3-11-7-9-16-19(17(11)13)20-15(21)10-8-12-4-2-6-14(18(12)20)22(16)24/h1-10,15-16H. The van der Waals surface area contributed by atoms with Crippen molar-refractivity contribution in [2.75, 3.05) is 0 Å². The summed E-state index contributed by atoms with van der Waals surface area (Å²) in [5.74, 6) is -0.242. The monoisotopic (exact) mass is 308 g/mol. The number of allylic oxidation sites excluding steroid dienone is 4. The molecule has 6 rings (SSSR count). The second kappa shape index (κ2) is 3.90. The Bertz CT molecular complexity index is 1010. The number of hydrogen-bond donors (Lipinski definition) is 0.